The first-order chi connectivity index (χ1) is 15.0. The lowest BCUT2D eigenvalue weighted by Gasteiger charge is -2.17. The average molecular weight is 487 g/mol. The van der Waals surface area contributed by atoms with Crippen LogP contribution < -0.4 is 10.0 Å². The summed E-state index contributed by atoms with van der Waals surface area (Å²) in [5.74, 6) is -2.83. The molecule has 2 atom stereocenters. The predicted molar refractivity (Wildman–Crippen MR) is 109 cm³/mol. The minimum atomic E-state index is -4.84. The van der Waals surface area contributed by atoms with E-state index in [0.29, 0.717) is 17.7 Å². The molecule has 4 nitrogen and oxygen atoms in total. The summed E-state index contributed by atoms with van der Waals surface area (Å²) in [5, 5.41) is 2.61. The monoisotopic (exact) mass is 486 g/mol. The molecule has 1 aliphatic heterocycles. The van der Waals surface area contributed by atoms with Crippen LogP contribution in [0.15, 0.2) is 59.5 Å². The van der Waals surface area contributed by atoms with Crippen LogP contribution in [-0.4, -0.2) is 10.1 Å². The van der Waals surface area contributed by atoms with Crippen LogP contribution in [0.2, 0.25) is 5.02 Å². The fraction of sp³-hybridized carbons (Fsp3) is 0.0952. The SMILES string of the molecule is O=C(Nc1cccc2c1C(c1cc(F)ccc1Cl)NS2=O)c1cc(F)cc(C(F)(F)F)c1. The third kappa shape index (κ3) is 4.25. The first kappa shape index (κ1) is 22.4. The van der Waals surface area contributed by atoms with Gasteiger partial charge >= 0.3 is 6.18 Å². The van der Waals surface area contributed by atoms with E-state index in [1.807, 2.05) is 0 Å². The van der Waals surface area contributed by atoms with Crippen LogP contribution in [0.4, 0.5) is 27.6 Å². The van der Waals surface area contributed by atoms with Gasteiger partial charge < -0.3 is 5.32 Å². The van der Waals surface area contributed by atoms with Crippen molar-refractivity contribution in [2.75, 3.05) is 5.32 Å². The molecule has 0 spiro atoms. The molecule has 11 heteroatoms. The van der Waals surface area contributed by atoms with E-state index < -0.39 is 51.9 Å². The summed E-state index contributed by atoms with van der Waals surface area (Å²) in [6, 6.07) is 8.66. The predicted octanol–water partition coefficient (Wildman–Crippen LogP) is 5.60. The fourth-order valence-corrected chi connectivity index (χ4v) is 4.82. The molecular weight excluding hydrogens is 475 g/mol. The van der Waals surface area contributed by atoms with Crippen molar-refractivity contribution in [2.45, 2.75) is 17.1 Å². The van der Waals surface area contributed by atoms with Crippen molar-refractivity contribution in [1.82, 2.24) is 4.72 Å². The zero-order chi connectivity index (χ0) is 23.2. The van der Waals surface area contributed by atoms with E-state index in [-0.39, 0.29) is 27.2 Å². The quantitative estimate of drug-likeness (QED) is 0.473. The van der Waals surface area contributed by atoms with E-state index in [1.165, 1.54) is 24.3 Å². The molecule has 32 heavy (non-hydrogen) atoms. The third-order valence-corrected chi connectivity index (χ3v) is 6.33. The van der Waals surface area contributed by atoms with Crippen molar-refractivity contribution in [3.05, 3.63) is 93.5 Å². The molecule has 3 aromatic carbocycles. The third-order valence-electron chi connectivity index (χ3n) is 4.78. The summed E-state index contributed by atoms with van der Waals surface area (Å²) >= 11 is 6.18. The second-order valence-corrected chi connectivity index (χ2v) is 8.50. The Morgan fingerprint density at radius 3 is 2.50 bits per heavy atom. The number of amides is 1. The first-order valence-corrected chi connectivity index (χ1v) is 10.5. The van der Waals surface area contributed by atoms with Crippen molar-refractivity contribution in [3.8, 4) is 0 Å². The lowest BCUT2D eigenvalue weighted by atomic mass is 9.97. The normalized spacial score (nSPS) is 17.8. The molecule has 0 radical (unpaired) electrons. The molecule has 0 aliphatic carbocycles. The minimum Gasteiger partial charge on any atom is -0.322 e. The Balaban J connectivity index is 1.75. The molecule has 1 amide bonds. The maximum atomic E-state index is 13.8. The summed E-state index contributed by atoms with van der Waals surface area (Å²) < 4.78 is 81.8. The highest BCUT2D eigenvalue weighted by Gasteiger charge is 2.34. The van der Waals surface area contributed by atoms with Gasteiger partial charge in [-0.1, -0.05) is 17.7 Å². The van der Waals surface area contributed by atoms with E-state index in [0.717, 1.165) is 12.1 Å². The van der Waals surface area contributed by atoms with Crippen LogP contribution in [0, 0.1) is 11.6 Å². The van der Waals surface area contributed by atoms with Crippen LogP contribution >= 0.6 is 11.6 Å². The largest absolute Gasteiger partial charge is 0.416 e. The van der Waals surface area contributed by atoms with Gasteiger partial charge in [0.05, 0.1) is 16.5 Å². The van der Waals surface area contributed by atoms with E-state index in [4.69, 9.17) is 11.6 Å². The Labute approximate surface area is 186 Å². The molecule has 0 saturated carbocycles. The van der Waals surface area contributed by atoms with Crippen molar-refractivity contribution in [2.24, 2.45) is 0 Å². The first-order valence-electron chi connectivity index (χ1n) is 8.99. The average Bonchev–Trinajstić information content (AvgIpc) is 3.06. The zero-order valence-corrected chi connectivity index (χ0v) is 17.3. The summed E-state index contributed by atoms with van der Waals surface area (Å²) in [5.41, 5.74) is -1.20. The highest BCUT2D eigenvalue weighted by molar-refractivity contribution is 7.83. The van der Waals surface area contributed by atoms with Crippen molar-refractivity contribution in [3.63, 3.8) is 0 Å². The number of rotatable bonds is 3. The van der Waals surface area contributed by atoms with Gasteiger partial charge in [0.1, 0.15) is 22.6 Å². The van der Waals surface area contributed by atoms with Crippen molar-refractivity contribution >= 4 is 34.2 Å². The molecular formula is C21H12ClF5N2O2S. The molecule has 4 rings (SSSR count). The lowest BCUT2D eigenvalue weighted by molar-refractivity contribution is -0.137. The molecule has 2 N–H and O–H groups in total. The van der Waals surface area contributed by atoms with Gasteiger partial charge in [0.15, 0.2) is 0 Å². The van der Waals surface area contributed by atoms with E-state index in [2.05, 4.69) is 10.0 Å². The lowest BCUT2D eigenvalue weighted by Crippen LogP contribution is -2.19. The molecule has 0 bridgehead atoms. The smallest absolute Gasteiger partial charge is 0.322 e. The number of alkyl halides is 3. The molecule has 166 valence electrons. The number of anilines is 1. The number of halogens is 6. The van der Waals surface area contributed by atoms with Gasteiger partial charge in [-0.15, -0.1) is 0 Å². The zero-order valence-electron chi connectivity index (χ0n) is 15.8. The second kappa shape index (κ2) is 8.27. The number of carbonyl (C=O) groups excluding carboxylic acids is 1. The maximum absolute atomic E-state index is 13.8. The maximum Gasteiger partial charge on any atom is 0.416 e. The Morgan fingerprint density at radius 1 is 1.03 bits per heavy atom. The number of hydrogen-bond acceptors (Lipinski definition) is 2. The van der Waals surface area contributed by atoms with Gasteiger partial charge in [0.2, 0.25) is 0 Å². The number of nitrogens with one attached hydrogen (secondary N) is 2. The Bertz CT molecular complexity index is 1270. The van der Waals surface area contributed by atoms with Crippen LogP contribution in [0.3, 0.4) is 0 Å². The summed E-state index contributed by atoms with van der Waals surface area (Å²) in [7, 11) is -1.72. The molecule has 2 unspecified atom stereocenters. The van der Waals surface area contributed by atoms with E-state index >= 15 is 0 Å². The molecule has 3 aromatic rings. The standard InChI is InChI=1S/C21H12ClF5N2O2S/c22-15-5-4-12(23)9-14(15)19-18-16(2-1-3-17(18)32(31)29-19)28-20(30)10-6-11(21(25,26)27)8-13(24)7-10/h1-9,19,29H,(H,28,30). The summed E-state index contributed by atoms with van der Waals surface area (Å²) in [4.78, 5) is 12.9. The van der Waals surface area contributed by atoms with Crippen LogP contribution in [-0.2, 0) is 17.2 Å². The van der Waals surface area contributed by atoms with Crippen LogP contribution in [0.5, 0.6) is 0 Å². The van der Waals surface area contributed by atoms with Gasteiger partial charge in [-0.05, 0) is 54.1 Å². The highest BCUT2D eigenvalue weighted by atomic mass is 35.5. The molecule has 0 saturated heterocycles. The van der Waals surface area contributed by atoms with Crippen molar-refractivity contribution < 1.29 is 31.0 Å². The number of benzene rings is 3. The molecule has 1 heterocycles. The van der Waals surface area contributed by atoms with Gasteiger partial charge in [0.25, 0.3) is 5.91 Å². The number of hydrogen-bond donors (Lipinski definition) is 2. The number of fused-ring (bicyclic) bond motifs is 1. The van der Waals surface area contributed by atoms with E-state index in [1.54, 1.807) is 0 Å². The summed E-state index contributed by atoms with van der Waals surface area (Å²) in [6.45, 7) is 0. The molecule has 0 fully saturated rings. The van der Waals surface area contributed by atoms with Crippen LogP contribution in [0.1, 0.15) is 33.1 Å². The van der Waals surface area contributed by atoms with E-state index in [9.17, 15) is 31.0 Å². The van der Waals surface area contributed by atoms with Gasteiger partial charge in [-0.2, -0.15) is 13.2 Å². The number of carbonyl (C=O) groups is 1. The molecule has 1 aliphatic rings. The second-order valence-electron chi connectivity index (χ2n) is 6.88. The van der Waals surface area contributed by atoms with Crippen LogP contribution in [0.25, 0.3) is 0 Å². The fourth-order valence-electron chi connectivity index (χ4n) is 3.38. The van der Waals surface area contributed by atoms with Gasteiger partial charge in [-0.3, -0.25) is 4.79 Å². The Kier molecular flexibility index (Phi) is 5.78. The van der Waals surface area contributed by atoms with Gasteiger partial charge in [-0.25, -0.2) is 17.7 Å². The van der Waals surface area contributed by atoms with Crippen molar-refractivity contribution in [1.29, 1.82) is 0 Å². The Hall–Kier alpha value is -2.82. The van der Waals surface area contributed by atoms with Gasteiger partial charge in [0, 0.05) is 21.8 Å². The highest BCUT2D eigenvalue weighted by Crippen LogP contribution is 2.41. The minimum absolute atomic E-state index is 0.106. The Morgan fingerprint density at radius 2 is 1.78 bits per heavy atom. The molecule has 0 aromatic heterocycles. The summed E-state index contributed by atoms with van der Waals surface area (Å²) in [6.07, 6.45) is -4.84. The topological polar surface area (TPSA) is 58.2 Å².